The fourth-order valence-corrected chi connectivity index (χ4v) is 15.5. The van der Waals surface area contributed by atoms with E-state index in [9.17, 15) is 0 Å². The molecule has 0 aliphatic carbocycles. The van der Waals surface area contributed by atoms with Crippen molar-refractivity contribution in [3.8, 4) is 123 Å². The zero-order valence-corrected chi connectivity index (χ0v) is 50.8. The van der Waals surface area contributed by atoms with Crippen molar-refractivity contribution in [3.63, 3.8) is 0 Å². The molecule has 4 heteroatoms. The molecule has 0 amide bonds. The highest BCUT2D eigenvalue weighted by atomic mass is 15.0. The molecule has 0 saturated heterocycles. The zero-order valence-electron chi connectivity index (χ0n) is 50.8. The Morgan fingerprint density at radius 2 is 0.516 bits per heavy atom. The average molecular weight is 1180 g/mol. The largest absolute Gasteiger partial charge is 0.310 e. The van der Waals surface area contributed by atoms with Crippen molar-refractivity contribution in [1.29, 1.82) is 0 Å². The van der Waals surface area contributed by atoms with Gasteiger partial charge in [0.15, 0.2) is 0 Å². The third kappa shape index (κ3) is 8.57. The summed E-state index contributed by atoms with van der Waals surface area (Å²) in [5.74, 6) is 0. The van der Waals surface area contributed by atoms with Gasteiger partial charge in [0.05, 0.1) is 22.4 Å². The molecule has 0 atom stereocenters. The lowest BCUT2D eigenvalue weighted by atomic mass is 9.34. The van der Waals surface area contributed by atoms with Gasteiger partial charge < -0.3 is 9.13 Å². The summed E-state index contributed by atoms with van der Waals surface area (Å²) in [6.07, 6.45) is 0. The van der Waals surface area contributed by atoms with Gasteiger partial charge in [0.25, 0.3) is 6.71 Å². The second kappa shape index (κ2) is 21.3. The predicted octanol–water partition coefficient (Wildman–Crippen LogP) is 21.1. The number of benzene rings is 14. The molecule has 2 aliphatic rings. The van der Waals surface area contributed by atoms with Crippen LogP contribution < -0.4 is 16.4 Å². The van der Waals surface area contributed by atoms with Crippen molar-refractivity contribution in [2.24, 2.45) is 0 Å². The van der Waals surface area contributed by atoms with Crippen molar-refractivity contribution in [1.82, 2.24) is 14.1 Å². The minimum absolute atomic E-state index is 0.186. The molecule has 14 aromatic carbocycles. The van der Waals surface area contributed by atoms with E-state index in [0.717, 1.165) is 78.3 Å². The summed E-state index contributed by atoms with van der Waals surface area (Å²) in [7, 11) is 0. The molecular weight excluding hydrogens is 1120 g/mol. The minimum atomic E-state index is -0.186. The molecule has 0 saturated carbocycles. The molecular formula is C89H56BN3. The van der Waals surface area contributed by atoms with Gasteiger partial charge in [0, 0.05) is 55.1 Å². The maximum atomic E-state index is 5.82. The lowest BCUT2D eigenvalue weighted by Crippen LogP contribution is -2.59. The van der Waals surface area contributed by atoms with Crippen molar-refractivity contribution < 1.29 is 0 Å². The topological polar surface area (TPSA) is 22.8 Å². The summed E-state index contributed by atoms with van der Waals surface area (Å²) in [6, 6.07) is 126. The van der Waals surface area contributed by atoms with Gasteiger partial charge in [-0.2, -0.15) is 0 Å². The Morgan fingerprint density at radius 3 is 0.860 bits per heavy atom. The third-order valence-electron chi connectivity index (χ3n) is 19.6. The molecule has 3 nitrogen and oxygen atoms in total. The highest BCUT2D eigenvalue weighted by Crippen LogP contribution is 2.49. The highest BCUT2D eigenvalue weighted by Gasteiger charge is 2.43. The number of fused-ring (bicyclic) bond motifs is 10. The molecule has 0 radical (unpaired) electrons. The van der Waals surface area contributed by atoms with E-state index < -0.39 is 0 Å². The van der Waals surface area contributed by atoms with Crippen LogP contribution in [0.5, 0.6) is 0 Å². The number of rotatable bonds is 10. The summed E-state index contributed by atoms with van der Waals surface area (Å²) in [4.78, 5) is 5.82. The van der Waals surface area contributed by atoms with E-state index in [4.69, 9.17) is 4.98 Å². The first-order valence-electron chi connectivity index (χ1n) is 32.2. The van der Waals surface area contributed by atoms with Crippen LogP contribution >= 0.6 is 0 Å². The van der Waals surface area contributed by atoms with E-state index in [1.54, 1.807) is 0 Å². The second-order valence-electron chi connectivity index (χ2n) is 24.9. The summed E-state index contributed by atoms with van der Waals surface area (Å²) >= 11 is 0. The SMILES string of the molecule is c1ccc(-c2cc(-c3ccccc3)cc(-c3cccc(-c4cc5c6c(c4)-n4c7cc(-c8ccccc8)cc(-c8ccccc8)c7c7cc(-c8ccccc8)cc(c74)B6c4cc(-c6ccccc6)cc6c7c(-c8ccccc8)cc(-c8ccccc8)cc7n-5c46)n3)c2)cc1. The van der Waals surface area contributed by atoms with Crippen LogP contribution in [0.25, 0.3) is 167 Å². The Balaban J connectivity index is 0.981. The summed E-state index contributed by atoms with van der Waals surface area (Å²) < 4.78 is 5.32. The van der Waals surface area contributed by atoms with Crippen LogP contribution in [0, 0.1) is 0 Å². The van der Waals surface area contributed by atoms with Crippen LogP contribution in [0.3, 0.4) is 0 Å². The smallest absolute Gasteiger partial charge is 0.252 e. The van der Waals surface area contributed by atoms with Crippen LogP contribution in [0.1, 0.15) is 0 Å². The van der Waals surface area contributed by atoms with Crippen molar-refractivity contribution >= 4 is 66.7 Å². The van der Waals surface area contributed by atoms with E-state index in [1.165, 1.54) is 105 Å². The second-order valence-corrected chi connectivity index (χ2v) is 24.9. The number of nitrogens with zero attached hydrogens (tertiary/aromatic N) is 3. The van der Waals surface area contributed by atoms with Gasteiger partial charge in [-0.25, -0.2) is 4.98 Å². The quantitative estimate of drug-likeness (QED) is 0.125. The Bertz CT molecular complexity index is 5470. The van der Waals surface area contributed by atoms with Crippen LogP contribution in [-0.4, -0.2) is 20.8 Å². The van der Waals surface area contributed by atoms with Crippen molar-refractivity contribution in [2.45, 2.75) is 0 Å². The molecule has 93 heavy (non-hydrogen) atoms. The van der Waals surface area contributed by atoms with Crippen LogP contribution in [0.2, 0.25) is 0 Å². The fourth-order valence-electron chi connectivity index (χ4n) is 15.5. The molecule has 17 aromatic rings. The van der Waals surface area contributed by atoms with Crippen molar-refractivity contribution in [3.05, 3.63) is 340 Å². The summed E-state index contributed by atoms with van der Waals surface area (Å²) in [5.41, 5.74) is 33.6. The first kappa shape index (κ1) is 52.8. The molecule has 430 valence electrons. The number of hydrogen-bond donors (Lipinski definition) is 0. The van der Waals surface area contributed by atoms with Crippen LogP contribution in [0.4, 0.5) is 0 Å². The van der Waals surface area contributed by atoms with Gasteiger partial charge in [-0.3, -0.25) is 0 Å². The standard InChI is InChI=1S/C89H56BN3/c1-9-26-57(27-10-1)65-44-66(58-28-11-2-12-29-58)46-71(45-65)79-42-25-43-80(91-79)72-55-83-87-84(56-72)93-82-54-70(62-36-19-6-20-37-62)48-74(64-40-23-8-24-41-64)86(82)76-50-68(60-32-15-4-16-33-60)52-78(89(76)93)90(87)77-51-67(59-30-13-3-14-31-59)49-75-85-73(63-38-21-7-22-39-63)47-69(61-34-17-5-18-35-61)53-81(85)92(83)88(75)77/h1-56H. The van der Waals surface area contributed by atoms with E-state index in [2.05, 4.69) is 349 Å². The maximum Gasteiger partial charge on any atom is 0.252 e. The van der Waals surface area contributed by atoms with Crippen LogP contribution in [-0.2, 0) is 0 Å². The Kier molecular flexibility index (Phi) is 12.1. The Hall–Kier alpha value is -12.1. The molecule has 0 fully saturated rings. The highest BCUT2D eigenvalue weighted by molar-refractivity contribution is 7.00. The Labute approximate surface area is 540 Å². The third-order valence-corrected chi connectivity index (χ3v) is 19.6. The number of aromatic nitrogens is 3. The van der Waals surface area contributed by atoms with Gasteiger partial charge in [0.2, 0.25) is 0 Å². The zero-order chi connectivity index (χ0) is 61.1. The fraction of sp³-hybridized carbons (Fsp3) is 0. The lowest BCUT2D eigenvalue weighted by molar-refractivity contribution is 1.14. The van der Waals surface area contributed by atoms with Crippen molar-refractivity contribution in [2.75, 3.05) is 0 Å². The average Bonchev–Trinajstić information content (AvgIpc) is 1.56. The minimum Gasteiger partial charge on any atom is -0.310 e. The molecule has 0 bridgehead atoms. The van der Waals surface area contributed by atoms with E-state index in [-0.39, 0.29) is 6.71 Å². The monoisotopic (exact) mass is 1180 g/mol. The number of pyridine rings is 1. The predicted molar refractivity (Wildman–Crippen MR) is 392 cm³/mol. The van der Waals surface area contributed by atoms with Gasteiger partial charge in [-0.05, 0) is 184 Å². The molecule has 19 rings (SSSR count). The maximum absolute atomic E-state index is 5.82. The van der Waals surface area contributed by atoms with Gasteiger partial charge in [0.1, 0.15) is 0 Å². The number of hydrogen-bond acceptors (Lipinski definition) is 1. The van der Waals surface area contributed by atoms with Crippen LogP contribution in [0.15, 0.2) is 340 Å². The molecule has 0 unspecified atom stereocenters. The molecule has 2 aliphatic heterocycles. The molecule has 0 N–H and O–H groups in total. The first-order valence-corrected chi connectivity index (χ1v) is 32.2. The molecule has 0 spiro atoms. The van der Waals surface area contributed by atoms with Gasteiger partial charge in [-0.1, -0.05) is 261 Å². The van der Waals surface area contributed by atoms with E-state index in [1.807, 2.05) is 0 Å². The van der Waals surface area contributed by atoms with E-state index >= 15 is 0 Å². The summed E-state index contributed by atoms with van der Waals surface area (Å²) in [6.45, 7) is -0.186. The first-order chi connectivity index (χ1) is 46.1. The molecule has 3 aromatic heterocycles. The Morgan fingerprint density at radius 1 is 0.226 bits per heavy atom. The normalized spacial score (nSPS) is 12.1. The van der Waals surface area contributed by atoms with Gasteiger partial charge in [-0.15, -0.1) is 0 Å². The lowest BCUT2D eigenvalue weighted by Gasteiger charge is -2.34. The van der Waals surface area contributed by atoms with E-state index in [0.29, 0.717) is 0 Å². The van der Waals surface area contributed by atoms with Gasteiger partial charge >= 0.3 is 0 Å². The summed E-state index contributed by atoms with van der Waals surface area (Å²) in [5, 5.41) is 4.92. The molecule has 5 heterocycles.